The molecule has 0 fully saturated rings. The molecule has 0 bridgehead atoms. The van der Waals surface area contributed by atoms with Gasteiger partial charge in [0.05, 0.1) is 27.6 Å². The van der Waals surface area contributed by atoms with Crippen LogP contribution in [0.4, 0.5) is 10.1 Å². The fraction of sp³-hybridized carbons (Fsp3) is 0.143. The Morgan fingerprint density at radius 1 is 1.33 bits per heavy atom. The number of halogens is 2. The summed E-state index contributed by atoms with van der Waals surface area (Å²) in [5, 5.41) is 2.57. The second-order valence-corrected chi connectivity index (χ2v) is 5.91. The van der Waals surface area contributed by atoms with Gasteiger partial charge in [-0.15, -0.1) is 11.3 Å². The Bertz CT molecular complexity index is 714. The lowest BCUT2D eigenvalue weighted by atomic mass is 10.1. The molecule has 1 aromatic heterocycles. The Morgan fingerprint density at radius 3 is 2.62 bits per heavy atom. The lowest BCUT2D eigenvalue weighted by Gasteiger charge is -2.11. The van der Waals surface area contributed by atoms with Crippen LogP contribution in [0.1, 0.15) is 25.6 Å². The van der Waals surface area contributed by atoms with Gasteiger partial charge in [-0.25, -0.2) is 9.18 Å². The number of rotatable bonds is 3. The van der Waals surface area contributed by atoms with E-state index in [2.05, 4.69) is 10.1 Å². The Hall–Kier alpha value is -1.92. The molecule has 0 aliphatic rings. The minimum atomic E-state index is -0.728. The summed E-state index contributed by atoms with van der Waals surface area (Å²) in [6, 6.07) is 5.58. The summed E-state index contributed by atoms with van der Waals surface area (Å²) >= 11 is 6.88. The lowest BCUT2D eigenvalue weighted by molar-refractivity contribution is 0.0601. The molecular weight excluding hydrogens is 317 g/mol. The molecule has 1 N–H and O–H groups in total. The first-order valence-corrected chi connectivity index (χ1v) is 7.07. The molecule has 2 aromatic rings. The van der Waals surface area contributed by atoms with Crippen LogP contribution < -0.4 is 5.32 Å². The Balaban J connectivity index is 2.36. The number of hydrogen-bond donors (Lipinski definition) is 1. The molecule has 1 amide bonds. The van der Waals surface area contributed by atoms with Crippen molar-refractivity contribution in [2.75, 3.05) is 12.4 Å². The van der Waals surface area contributed by atoms with Gasteiger partial charge in [-0.2, -0.15) is 0 Å². The molecule has 0 saturated carbocycles. The highest BCUT2D eigenvalue weighted by atomic mass is 35.5. The number of aryl methyl sites for hydroxylation is 1. The van der Waals surface area contributed by atoms with Crippen LogP contribution >= 0.6 is 22.9 Å². The first-order chi connectivity index (χ1) is 9.92. The molecule has 4 nitrogen and oxygen atoms in total. The minimum Gasteiger partial charge on any atom is -0.465 e. The highest BCUT2D eigenvalue weighted by Gasteiger charge is 2.18. The zero-order chi connectivity index (χ0) is 15.6. The summed E-state index contributed by atoms with van der Waals surface area (Å²) in [5.74, 6) is -1.70. The van der Waals surface area contributed by atoms with Crippen molar-refractivity contribution in [1.82, 2.24) is 0 Å². The van der Waals surface area contributed by atoms with Crippen LogP contribution in [0.3, 0.4) is 0 Å². The number of amides is 1. The average Bonchev–Trinajstić information content (AvgIpc) is 2.88. The molecule has 7 heteroatoms. The third-order valence-corrected chi connectivity index (χ3v) is 3.98. The minimum absolute atomic E-state index is 0.0448. The van der Waals surface area contributed by atoms with E-state index in [0.29, 0.717) is 14.8 Å². The van der Waals surface area contributed by atoms with Crippen LogP contribution in [0, 0.1) is 12.7 Å². The van der Waals surface area contributed by atoms with E-state index in [1.54, 1.807) is 12.1 Å². The van der Waals surface area contributed by atoms with Crippen molar-refractivity contribution in [3.8, 4) is 0 Å². The zero-order valence-electron chi connectivity index (χ0n) is 11.2. The van der Waals surface area contributed by atoms with Gasteiger partial charge in [0.2, 0.25) is 0 Å². The van der Waals surface area contributed by atoms with Gasteiger partial charge in [0.1, 0.15) is 5.82 Å². The van der Waals surface area contributed by atoms with Gasteiger partial charge >= 0.3 is 5.97 Å². The highest BCUT2D eigenvalue weighted by molar-refractivity contribution is 7.18. The van der Waals surface area contributed by atoms with Crippen LogP contribution in [0.25, 0.3) is 0 Å². The van der Waals surface area contributed by atoms with Gasteiger partial charge in [0.15, 0.2) is 0 Å². The van der Waals surface area contributed by atoms with Crippen molar-refractivity contribution in [2.45, 2.75) is 6.92 Å². The van der Waals surface area contributed by atoms with Gasteiger partial charge in [0, 0.05) is 0 Å². The van der Waals surface area contributed by atoms with E-state index in [0.717, 1.165) is 17.4 Å². The SMILES string of the molecule is COC(=O)c1cc(F)c(C)cc1NC(=O)c1ccc(Cl)s1. The van der Waals surface area contributed by atoms with E-state index >= 15 is 0 Å². The maximum absolute atomic E-state index is 13.6. The van der Waals surface area contributed by atoms with E-state index in [9.17, 15) is 14.0 Å². The molecule has 1 heterocycles. The zero-order valence-corrected chi connectivity index (χ0v) is 12.8. The van der Waals surface area contributed by atoms with Crippen LogP contribution in [-0.2, 0) is 4.74 Å². The summed E-state index contributed by atoms with van der Waals surface area (Å²) < 4.78 is 18.6. The number of esters is 1. The fourth-order valence-electron chi connectivity index (χ4n) is 1.68. The molecule has 21 heavy (non-hydrogen) atoms. The van der Waals surface area contributed by atoms with Crippen molar-refractivity contribution in [1.29, 1.82) is 0 Å². The monoisotopic (exact) mass is 327 g/mol. The third-order valence-electron chi connectivity index (χ3n) is 2.75. The fourth-order valence-corrected chi connectivity index (χ4v) is 2.62. The molecule has 0 atom stereocenters. The van der Waals surface area contributed by atoms with E-state index in [1.807, 2.05) is 0 Å². The molecule has 0 aliphatic heterocycles. The molecule has 0 spiro atoms. The largest absolute Gasteiger partial charge is 0.465 e. The van der Waals surface area contributed by atoms with E-state index in [4.69, 9.17) is 11.6 Å². The molecule has 110 valence electrons. The second kappa shape index (κ2) is 6.24. The van der Waals surface area contributed by atoms with E-state index < -0.39 is 17.7 Å². The van der Waals surface area contributed by atoms with E-state index in [-0.39, 0.29) is 11.3 Å². The molecular formula is C14H11ClFNO3S. The Kier molecular flexibility index (Phi) is 4.59. The van der Waals surface area contributed by atoms with Gasteiger partial charge in [-0.1, -0.05) is 11.6 Å². The van der Waals surface area contributed by atoms with Crippen molar-refractivity contribution >= 4 is 40.5 Å². The third kappa shape index (κ3) is 3.40. The smallest absolute Gasteiger partial charge is 0.340 e. The number of carbonyl (C=O) groups excluding carboxylic acids is 2. The standard InChI is InChI=1S/C14H11ClFNO3S/c1-7-5-10(8(6-9(7)16)14(19)20-2)17-13(18)11-3-4-12(15)21-11/h3-6H,1-2H3,(H,17,18). The van der Waals surface area contributed by atoms with Gasteiger partial charge in [-0.05, 0) is 36.8 Å². The van der Waals surface area contributed by atoms with Crippen molar-refractivity contribution in [3.63, 3.8) is 0 Å². The van der Waals surface area contributed by atoms with Gasteiger partial charge in [0.25, 0.3) is 5.91 Å². The number of ether oxygens (including phenoxy) is 1. The molecule has 2 rings (SSSR count). The maximum Gasteiger partial charge on any atom is 0.340 e. The number of methoxy groups -OCH3 is 1. The number of benzene rings is 1. The summed E-state index contributed by atoms with van der Waals surface area (Å²) in [4.78, 5) is 24.1. The summed E-state index contributed by atoms with van der Waals surface area (Å²) in [6.07, 6.45) is 0. The Morgan fingerprint density at radius 2 is 2.05 bits per heavy atom. The normalized spacial score (nSPS) is 10.3. The number of anilines is 1. The van der Waals surface area contributed by atoms with Crippen molar-refractivity contribution in [3.05, 3.63) is 50.4 Å². The van der Waals surface area contributed by atoms with Crippen LogP contribution in [0.15, 0.2) is 24.3 Å². The van der Waals surface area contributed by atoms with E-state index in [1.165, 1.54) is 20.1 Å². The van der Waals surface area contributed by atoms with Crippen LogP contribution in [0.2, 0.25) is 4.34 Å². The quantitative estimate of drug-likeness (QED) is 0.870. The lowest BCUT2D eigenvalue weighted by Crippen LogP contribution is -2.15. The molecule has 0 radical (unpaired) electrons. The predicted octanol–water partition coefficient (Wildman–Crippen LogP) is 3.89. The second-order valence-electron chi connectivity index (χ2n) is 4.20. The topological polar surface area (TPSA) is 55.4 Å². The van der Waals surface area contributed by atoms with Gasteiger partial charge < -0.3 is 10.1 Å². The van der Waals surface area contributed by atoms with Gasteiger partial charge in [-0.3, -0.25) is 4.79 Å². The highest BCUT2D eigenvalue weighted by Crippen LogP contribution is 2.25. The van der Waals surface area contributed by atoms with Crippen molar-refractivity contribution < 1.29 is 18.7 Å². The molecule has 0 aliphatic carbocycles. The molecule has 1 aromatic carbocycles. The average molecular weight is 328 g/mol. The van der Waals surface area contributed by atoms with Crippen LogP contribution in [-0.4, -0.2) is 19.0 Å². The maximum atomic E-state index is 13.6. The summed E-state index contributed by atoms with van der Waals surface area (Å²) in [7, 11) is 1.19. The number of thiophene rings is 1. The number of carbonyl (C=O) groups is 2. The molecule has 0 saturated heterocycles. The first kappa shape index (κ1) is 15.5. The summed E-state index contributed by atoms with van der Waals surface area (Å²) in [5.41, 5.74) is 0.453. The molecule has 0 unspecified atom stereocenters. The Labute approximate surface area is 129 Å². The number of nitrogens with one attached hydrogen (secondary N) is 1. The predicted molar refractivity (Wildman–Crippen MR) is 79.8 cm³/mol. The first-order valence-electron chi connectivity index (χ1n) is 5.87. The number of hydrogen-bond acceptors (Lipinski definition) is 4. The summed E-state index contributed by atoms with van der Waals surface area (Å²) in [6.45, 7) is 1.54. The van der Waals surface area contributed by atoms with Crippen molar-refractivity contribution in [2.24, 2.45) is 0 Å². The van der Waals surface area contributed by atoms with Crippen LogP contribution in [0.5, 0.6) is 0 Å².